The molecular weight excluding hydrogens is 266 g/mol. The lowest BCUT2D eigenvalue weighted by Gasteiger charge is -2.10. The van der Waals surface area contributed by atoms with E-state index in [2.05, 4.69) is 10.3 Å². The summed E-state index contributed by atoms with van der Waals surface area (Å²) in [6.45, 7) is 1.93. The van der Waals surface area contributed by atoms with Gasteiger partial charge in [-0.25, -0.2) is 4.98 Å². The summed E-state index contributed by atoms with van der Waals surface area (Å²) in [5, 5.41) is 2.80. The molecule has 0 radical (unpaired) electrons. The molecule has 1 saturated carbocycles. The topological polar surface area (TPSA) is 77.2 Å². The van der Waals surface area contributed by atoms with Crippen LogP contribution in [0.15, 0.2) is 36.5 Å². The van der Waals surface area contributed by atoms with Crippen molar-refractivity contribution in [2.75, 3.05) is 11.1 Å². The third-order valence-corrected chi connectivity index (χ3v) is 3.36. The van der Waals surface area contributed by atoms with E-state index in [4.69, 9.17) is 10.5 Å². The fourth-order valence-corrected chi connectivity index (χ4v) is 2.03. The number of nitrogens with zero attached hydrogens (tertiary/aromatic N) is 1. The van der Waals surface area contributed by atoms with Crippen molar-refractivity contribution >= 4 is 17.4 Å². The van der Waals surface area contributed by atoms with E-state index >= 15 is 0 Å². The molecule has 1 fully saturated rings. The molecule has 0 spiro atoms. The fraction of sp³-hybridized carbons (Fsp3) is 0.250. The second kappa shape index (κ2) is 5.44. The first-order chi connectivity index (χ1) is 10.1. The molecule has 1 aromatic heterocycles. The number of carbonyl (C=O) groups excluding carboxylic acids is 1. The van der Waals surface area contributed by atoms with Crippen LogP contribution >= 0.6 is 0 Å². The van der Waals surface area contributed by atoms with Gasteiger partial charge in [-0.15, -0.1) is 0 Å². The third-order valence-electron chi connectivity index (χ3n) is 3.36. The summed E-state index contributed by atoms with van der Waals surface area (Å²) in [6, 6.07) is 8.94. The van der Waals surface area contributed by atoms with Gasteiger partial charge in [-0.05, 0) is 49.6 Å². The zero-order chi connectivity index (χ0) is 14.8. The lowest BCUT2D eigenvalue weighted by Crippen LogP contribution is -2.14. The summed E-state index contributed by atoms with van der Waals surface area (Å²) in [4.78, 5) is 15.9. The average Bonchev–Trinajstić information content (AvgIpc) is 3.27. The Labute approximate surface area is 123 Å². The molecular formula is C16H17N3O2. The van der Waals surface area contributed by atoms with Crippen LogP contribution in [0.4, 0.5) is 11.5 Å². The summed E-state index contributed by atoms with van der Waals surface area (Å²) in [7, 11) is 0. The van der Waals surface area contributed by atoms with Gasteiger partial charge in [-0.2, -0.15) is 0 Å². The van der Waals surface area contributed by atoms with Crippen molar-refractivity contribution in [1.82, 2.24) is 4.98 Å². The van der Waals surface area contributed by atoms with Crippen molar-refractivity contribution in [3.05, 3.63) is 42.1 Å². The maximum absolute atomic E-state index is 11.7. The first kappa shape index (κ1) is 13.4. The van der Waals surface area contributed by atoms with Crippen molar-refractivity contribution in [3.8, 4) is 11.5 Å². The minimum atomic E-state index is 0.0308. The highest BCUT2D eigenvalue weighted by Crippen LogP contribution is 2.31. The first-order valence-corrected chi connectivity index (χ1v) is 6.93. The molecule has 1 heterocycles. The van der Waals surface area contributed by atoms with Gasteiger partial charge in [0.2, 0.25) is 5.91 Å². The Bertz CT molecular complexity index is 681. The monoisotopic (exact) mass is 283 g/mol. The van der Waals surface area contributed by atoms with E-state index in [1.807, 2.05) is 19.1 Å². The van der Waals surface area contributed by atoms with Crippen molar-refractivity contribution in [2.45, 2.75) is 19.8 Å². The highest BCUT2D eigenvalue weighted by atomic mass is 16.5. The van der Waals surface area contributed by atoms with E-state index in [-0.39, 0.29) is 11.8 Å². The van der Waals surface area contributed by atoms with E-state index in [9.17, 15) is 4.79 Å². The van der Waals surface area contributed by atoms with Crippen LogP contribution in [0.1, 0.15) is 18.4 Å². The molecule has 5 heteroatoms. The SMILES string of the molecule is Cc1cc(N)ccc1Oc1ccnc(NC(=O)C2CC2)c1. The van der Waals surface area contributed by atoms with E-state index in [1.165, 1.54) is 0 Å². The normalized spacial score (nSPS) is 13.8. The largest absolute Gasteiger partial charge is 0.457 e. The molecule has 3 rings (SSSR count). The first-order valence-electron chi connectivity index (χ1n) is 6.93. The number of rotatable bonds is 4. The van der Waals surface area contributed by atoms with Gasteiger partial charge < -0.3 is 15.8 Å². The molecule has 1 aliphatic carbocycles. The molecule has 1 amide bonds. The maximum atomic E-state index is 11.7. The number of carbonyl (C=O) groups is 1. The lowest BCUT2D eigenvalue weighted by atomic mass is 10.2. The van der Waals surface area contributed by atoms with E-state index in [0.717, 1.165) is 24.2 Å². The Hall–Kier alpha value is -2.56. The molecule has 5 nitrogen and oxygen atoms in total. The molecule has 3 N–H and O–H groups in total. The zero-order valence-corrected chi connectivity index (χ0v) is 11.8. The van der Waals surface area contributed by atoms with E-state index in [1.54, 1.807) is 24.4 Å². The molecule has 0 aliphatic heterocycles. The van der Waals surface area contributed by atoms with Gasteiger partial charge in [0.1, 0.15) is 17.3 Å². The quantitative estimate of drug-likeness (QED) is 0.845. The molecule has 0 bridgehead atoms. The van der Waals surface area contributed by atoms with Crippen molar-refractivity contribution in [1.29, 1.82) is 0 Å². The molecule has 1 aromatic carbocycles. The summed E-state index contributed by atoms with van der Waals surface area (Å²) < 4.78 is 5.82. The van der Waals surface area contributed by atoms with E-state index in [0.29, 0.717) is 17.3 Å². The van der Waals surface area contributed by atoms with Crippen molar-refractivity contribution in [2.24, 2.45) is 5.92 Å². The predicted octanol–water partition coefficient (Wildman–Crippen LogP) is 3.11. The van der Waals surface area contributed by atoms with E-state index < -0.39 is 0 Å². The number of hydrogen-bond donors (Lipinski definition) is 2. The second-order valence-corrected chi connectivity index (χ2v) is 5.27. The number of anilines is 2. The van der Waals surface area contributed by atoms with Crippen LogP contribution < -0.4 is 15.8 Å². The average molecular weight is 283 g/mol. The number of aryl methyl sites for hydroxylation is 1. The number of pyridine rings is 1. The number of aromatic nitrogens is 1. The number of nitrogens with two attached hydrogens (primary N) is 1. The molecule has 0 saturated heterocycles. The molecule has 0 atom stereocenters. The Kier molecular flexibility index (Phi) is 3.48. The molecule has 2 aromatic rings. The van der Waals surface area contributed by atoms with Crippen LogP contribution in [-0.4, -0.2) is 10.9 Å². The fourth-order valence-electron chi connectivity index (χ4n) is 2.03. The van der Waals surface area contributed by atoms with Gasteiger partial charge in [-0.1, -0.05) is 0 Å². The lowest BCUT2D eigenvalue weighted by molar-refractivity contribution is -0.117. The number of nitrogen functional groups attached to an aromatic ring is 1. The predicted molar refractivity (Wildman–Crippen MR) is 81.3 cm³/mol. The van der Waals surface area contributed by atoms with Crippen molar-refractivity contribution < 1.29 is 9.53 Å². The summed E-state index contributed by atoms with van der Waals surface area (Å²) >= 11 is 0. The standard InChI is InChI=1S/C16H17N3O2/c1-10-8-12(17)4-5-14(10)21-13-6-7-18-15(9-13)19-16(20)11-2-3-11/h4-9,11H,2-3,17H2,1H3,(H,18,19,20). The summed E-state index contributed by atoms with van der Waals surface area (Å²) in [5.41, 5.74) is 7.38. The van der Waals surface area contributed by atoms with Crippen LogP contribution in [0.25, 0.3) is 0 Å². The van der Waals surface area contributed by atoms with Crippen LogP contribution in [0.2, 0.25) is 0 Å². The highest BCUT2D eigenvalue weighted by Gasteiger charge is 2.29. The van der Waals surface area contributed by atoms with Gasteiger partial charge >= 0.3 is 0 Å². The number of benzene rings is 1. The molecule has 108 valence electrons. The zero-order valence-electron chi connectivity index (χ0n) is 11.8. The third kappa shape index (κ3) is 3.31. The Morgan fingerprint density at radius 1 is 1.33 bits per heavy atom. The highest BCUT2D eigenvalue weighted by molar-refractivity contribution is 5.93. The van der Waals surface area contributed by atoms with Gasteiger partial charge in [0, 0.05) is 23.9 Å². The van der Waals surface area contributed by atoms with Crippen LogP contribution in [0.5, 0.6) is 11.5 Å². The van der Waals surface area contributed by atoms with Gasteiger partial charge in [0.05, 0.1) is 0 Å². The second-order valence-electron chi connectivity index (χ2n) is 5.27. The summed E-state index contributed by atoms with van der Waals surface area (Å²) in [5.74, 6) is 2.05. The van der Waals surface area contributed by atoms with Gasteiger partial charge in [0.25, 0.3) is 0 Å². The Morgan fingerprint density at radius 2 is 2.14 bits per heavy atom. The van der Waals surface area contributed by atoms with Gasteiger partial charge in [-0.3, -0.25) is 4.79 Å². The minimum absolute atomic E-state index is 0.0308. The summed E-state index contributed by atoms with van der Waals surface area (Å²) in [6.07, 6.45) is 3.55. The molecule has 0 unspecified atom stereocenters. The smallest absolute Gasteiger partial charge is 0.228 e. The minimum Gasteiger partial charge on any atom is -0.457 e. The van der Waals surface area contributed by atoms with Crippen LogP contribution in [0, 0.1) is 12.8 Å². The number of nitrogens with one attached hydrogen (secondary N) is 1. The van der Waals surface area contributed by atoms with Crippen molar-refractivity contribution in [3.63, 3.8) is 0 Å². The Balaban J connectivity index is 1.74. The number of ether oxygens (including phenoxy) is 1. The number of amides is 1. The maximum Gasteiger partial charge on any atom is 0.228 e. The van der Waals surface area contributed by atoms with Crippen LogP contribution in [0.3, 0.4) is 0 Å². The van der Waals surface area contributed by atoms with Crippen LogP contribution in [-0.2, 0) is 4.79 Å². The number of hydrogen-bond acceptors (Lipinski definition) is 4. The Morgan fingerprint density at radius 3 is 2.86 bits per heavy atom. The van der Waals surface area contributed by atoms with Gasteiger partial charge in [0.15, 0.2) is 0 Å². The molecule has 1 aliphatic rings. The molecule has 21 heavy (non-hydrogen) atoms.